The Bertz CT molecular complexity index is 1340. The summed E-state index contributed by atoms with van der Waals surface area (Å²) in [7, 11) is 1.85. The number of aromatic nitrogens is 2. The van der Waals surface area contributed by atoms with Crippen LogP contribution in [0.1, 0.15) is 34.7 Å². The standard InChI is InChI=1S/C24H19F2N3O2/c1-29-7-6-14-8-17(11-19(22(14)29)18-5-4-16(25)10-21(18)26)28-23-20(24(30)31)9-15(12-27-23)13-2-3-13/h4-13H,2-3H2,1H3,(H,27,28)(H,30,31). The number of nitrogens with one attached hydrogen (secondary N) is 1. The van der Waals surface area contributed by atoms with Gasteiger partial charge in [-0.2, -0.15) is 0 Å². The van der Waals surface area contributed by atoms with E-state index in [9.17, 15) is 18.7 Å². The van der Waals surface area contributed by atoms with E-state index in [0.29, 0.717) is 17.2 Å². The Hall–Kier alpha value is -3.74. The number of fused-ring (bicyclic) bond motifs is 1. The molecule has 7 heteroatoms. The van der Waals surface area contributed by atoms with Gasteiger partial charge < -0.3 is 15.0 Å². The molecule has 1 saturated carbocycles. The lowest BCUT2D eigenvalue weighted by atomic mass is 10.0. The van der Waals surface area contributed by atoms with Crippen molar-refractivity contribution < 1.29 is 18.7 Å². The summed E-state index contributed by atoms with van der Waals surface area (Å²) in [5, 5.41) is 13.6. The van der Waals surface area contributed by atoms with Gasteiger partial charge in [0.2, 0.25) is 0 Å². The van der Waals surface area contributed by atoms with Crippen LogP contribution >= 0.6 is 0 Å². The zero-order chi connectivity index (χ0) is 21.7. The number of anilines is 2. The minimum atomic E-state index is -1.07. The van der Waals surface area contributed by atoms with Gasteiger partial charge in [-0.3, -0.25) is 0 Å². The summed E-state index contributed by atoms with van der Waals surface area (Å²) in [5.74, 6) is -1.78. The highest BCUT2D eigenvalue weighted by Gasteiger charge is 2.26. The van der Waals surface area contributed by atoms with Crippen molar-refractivity contribution >= 4 is 28.4 Å². The van der Waals surface area contributed by atoms with Gasteiger partial charge in [-0.1, -0.05) is 0 Å². The topological polar surface area (TPSA) is 67.2 Å². The van der Waals surface area contributed by atoms with Crippen molar-refractivity contribution in [1.82, 2.24) is 9.55 Å². The Morgan fingerprint density at radius 3 is 2.65 bits per heavy atom. The van der Waals surface area contributed by atoms with Crippen LogP contribution in [0, 0.1) is 11.6 Å². The SMILES string of the molecule is Cn1ccc2cc(Nc3ncc(C4CC4)cc3C(=O)O)cc(-c3ccc(F)cc3F)c21. The van der Waals surface area contributed by atoms with Crippen molar-refractivity contribution in [3.63, 3.8) is 0 Å². The van der Waals surface area contributed by atoms with Gasteiger partial charge in [-0.15, -0.1) is 0 Å². The predicted molar refractivity (Wildman–Crippen MR) is 115 cm³/mol. The van der Waals surface area contributed by atoms with E-state index >= 15 is 0 Å². The average Bonchev–Trinajstić information content (AvgIpc) is 3.51. The molecule has 0 spiro atoms. The van der Waals surface area contributed by atoms with Gasteiger partial charge in [0.05, 0.1) is 5.52 Å². The summed E-state index contributed by atoms with van der Waals surface area (Å²) in [6.07, 6.45) is 5.65. The lowest BCUT2D eigenvalue weighted by Crippen LogP contribution is -2.06. The van der Waals surface area contributed by atoms with Crippen LogP contribution in [0.3, 0.4) is 0 Å². The van der Waals surface area contributed by atoms with Crippen LogP contribution < -0.4 is 5.32 Å². The van der Waals surface area contributed by atoms with Gasteiger partial charge in [0, 0.05) is 47.7 Å². The first kappa shape index (κ1) is 19.2. The van der Waals surface area contributed by atoms with E-state index in [1.54, 1.807) is 18.3 Å². The van der Waals surface area contributed by atoms with E-state index in [1.165, 1.54) is 12.1 Å². The molecule has 0 radical (unpaired) electrons. The molecule has 1 aliphatic rings. The lowest BCUT2D eigenvalue weighted by Gasteiger charge is -2.14. The Morgan fingerprint density at radius 2 is 1.94 bits per heavy atom. The van der Waals surface area contributed by atoms with Gasteiger partial charge in [0.1, 0.15) is 23.0 Å². The minimum Gasteiger partial charge on any atom is -0.478 e. The minimum absolute atomic E-state index is 0.0899. The fraction of sp³-hybridized carbons (Fsp3) is 0.167. The Labute approximate surface area is 177 Å². The number of benzene rings is 2. The third-order valence-electron chi connectivity index (χ3n) is 5.64. The fourth-order valence-electron chi connectivity index (χ4n) is 3.95. The van der Waals surface area contributed by atoms with E-state index < -0.39 is 17.6 Å². The highest BCUT2D eigenvalue weighted by Crippen LogP contribution is 2.41. The summed E-state index contributed by atoms with van der Waals surface area (Å²) in [5.41, 5.74) is 3.18. The number of rotatable bonds is 5. The summed E-state index contributed by atoms with van der Waals surface area (Å²) < 4.78 is 29.9. The van der Waals surface area contributed by atoms with Crippen LogP contribution in [0.4, 0.5) is 20.3 Å². The molecular formula is C24H19F2N3O2. The number of carboxylic acid groups (broad SMARTS) is 1. The molecule has 1 aliphatic carbocycles. The maximum atomic E-state index is 14.6. The highest BCUT2D eigenvalue weighted by atomic mass is 19.1. The summed E-state index contributed by atoms with van der Waals surface area (Å²) in [6.45, 7) is 0. The summed E-state index contributed by atoms with van der Waals surface area (Å²) in [4.78, 5) is 16.2. The third-order valence-corrected chi connectivity index (χ3v) is 5.64. The van der Waals surface area contributed by atoms with E-state index in [0.717, 1.165) is 35.4 Å². The fourth-order valence-corrected chi connectivity index (χ4v) is 3.95. The van der Waals surface area contributed by atoms with Crippen LogP contribution in [0.5, 0.6) is 0 Å². The number of carbonyl (C=O) groups is 1. The highest BCUT2D eigenvalue weighted by molar-refractivity contribution is 5.99. The number of pyridine rings is 1. The molecule has 2 aromatic heterocycles. The van der Waals surface area contributed by atoms with Crippen molar-refractivity contribution in [2.75, 3.05) is 5.32 Å². The molecule has 4 aromatic rings. The van der Waals surface area contributed by atoms with Gasteiger partial charge in [0.25, 0.3) is 0 Å². The Kier molecular flexibility index (Phi) is 4.46. The van der Waals surface area contributed by atoms with E-state index in [-0.39, 0.29) is 16.9 Å². The monoisotopic (exact) mass is 419 g/mol. The molecule has 1 fully saturated rings. The first-order valence-electron chi connectivity index (χ1n) is 9.95. The van der Waals surface area contributed by atoms with Crippen molar-refractivity contribution in [2.24, 2.45) is 7.05 Å². The Morgan fingerprint density at radius 1 is 1.13 bits per heavy atom. The van der Waals surface area contributed by atoms with Gasteiger partial charge in [-0.25, -0.2) is 18.6 Å². The number of halogens is 2. The number of nitrogens with zero attached hydrogens (tertiary/aromatic N) is 2. The zero-order valence-corrected chi connectivity index (χ0v) is 16.7. The van der Waals surface area contributed by atoms with Crippen molar-refractivity contribution in [3.05, 3.63) is 77.6 Å². The number of carboxylic acids is 1. The molecule has 2 aromatic carbocycles. The van der Waals surface area contributed by atoms with E-state index in [1.807, 2.05) is 29.9 Å². The normalized spacial score (nSPS) is 13.5. The van der Waals surface area contributed by atoms with Crippen LogP contribution in [0.25, 0.3) is 22.0 Å². The quantitative estimate of drug-likeness (QED) is 0.427. The second kappa shape index (κ2) is 7.19. The summed E-state index contributed by atoms with van der Waals surface area (Å²) in [6, 6.07) is 10.6. The lowest BCUT2D eigenvalue weighted by molar-refractivity contribution is 0.0697. The Balaban J connectivity index is 1.63. The van der Waals surface area contributed by atoms with Crippen molar-refractivity contribution in [3.8, 4) is 11.1 Å². The molecule has 0 unspecified atom stereocenters. The second-order valence-corrected chi connectivity index (χ2v) is 7.88. The smallest absolute Gasteiger partial charge is 0.339 e. The van der Waals surface area contributed by atoms with E-state index in [2.05, 4.69) is 10.3 Å². The van der Waals surface area contributed by atoms with Gasteiger partial charge in [-0.05, 0) is 60.7 Å². The predicted octanol–water partition coefficient (Wildman–Crippen LogP) is 5.84. The van der Waals surface area contributed by atoms with Crippen LogP contribution in [0.2, 0.25) is 0 Å². The molecular weight excluding hydrogens is 400 g/mol. The second-order valence-electron chi connectivity index (χ2n) is 7.88. The number of hydrogen-bond acceptors (Lipinski definition) is 3. The largest absolute Gasteiger partial charge is 0.478 e. The van der Waals surface area contributed by atoms with E-state index in [4.69, 9.17) is 0 Å². The average molecular weight is 419 g/mol. The molecule has 0 saturated heterocycles. The zero-order valence-electron chi connectivity index (χ0n) is 16.7. The molecule has 0 atom stereocenters. The van der Waals surface area contributed by atoms with Gasteiger partial charge >= 0.3 is 5.97 Å². The third kappa shape index (κ3) is 3.52. The van der Waals surface area contributed by atoms with Gasteiger partial charge in [0.15, 0.2) is 0 Å². The maximum Gasteiger partial charge on any atom is 0.339 e. The van der Waals surface area contributed by atoms with Crippen molar-refractivity contribution in [1.29, 1.82) is 0 Å². The maximum absolute atomic E-state index is 14.6. The molecule has 2 heterocycles. The molecule has 0 bridgehead atoms. The molecule has 5 rings (SSSR count). The number of aromatic carboxylic acids is 1. The molecule has 0 amide bonds. The molecule has 156 valence electrons. The molecule has 31 heavy (non-hydrogen) atoms. The van der Waals surface area contributed by atoms with Crippen LogP contribution in [-0.4, -0.2) is 20.6 Å². The number of hydrogen-bond donors (Lipinski definition) is 2. The van der Waals surface area contributed by atoms with Crippen LogP contribution in [-0.2, 0) is 7.05 Å². The molecule has 0 aliphatic heterocycles. The first-order chi connectivity index (χ1) is 14.9. The van der Waals surface area contributed by atoms with Crippen molar-refractivity contribution in [2.45, 2.75) is 18.8 Å². The van der Waals surface area contributed by atoms with Crippen LogP contribution in [0.15, 0.2) is 54.9 Å². The number of aryl methyl sites for hydroxylation is 1. The summed E-state index contributed by atoms with van der Waals surface area (Å²) >= 11 is 0. The molecule has 2 N–H and O–H groups in total. The molecule has 5 nitrogen and oxygen atoms in total. The first-order valence-corrected chi connectivity index (χ1v) is 9.95.